The molecule has 0 saturated heterocycles. The van der Waals surface area contributed by atoms with Gasteiger partial charge in [-0.1, -0.05) is 23.7 Å². The molecule has 1 atom stereocenters. The van der Waals surface area contributed by atoms with E-state index in [1.165, 1.54) is 12.5 Å². The number of carbonyl (C=O) groups excluding carboxylic acids is 1. The molecule has 0 bridgehead atoms. The van der Waals surface area contributed by atoms with Gasteiger partial charge < -0.3 is 10.1 Å². The van der Waals surface area contributed by atoms with Crippen LogP contribution in [0.25, 0.3) is 0 Å². The fourth-order valence-electron chi connectivity index (χ4n) is 2.99. The number of benzene rings is 2. The van der Waals surface area contributed by atoms with E-state index in [1.807, 2.05) is 42.5 Å². The maximum atomic E-state index is 11.1. The van der Waals surface area contributed by atoms with Gasteiger partial charge in [-0.2, -0.15) is 0 Å². The van der Waals surface area contributed by atoms with Crippen LogP contribution in [0.5, 0.6) is 5.75 Å². The van der Waals surface area contributed by atoms with Crippen molar-refractivity contribution in [3.05, 3.63) is 58.6 Å². The Labute approximate surface area is 147 Å². The first-order valence-corrected chi connectivity index (χ1v) is 8.41. The fraction of sp³-hybridized carbons (Fsp3) is 0.316. The first kappa shape index (κ1) is 16.8. The van der Waals surface area contributed by atoms with Crippen molar-refractivity contribution in [2.75, 3.05) is 11.9 Å². The molecule has 1 amide bonds. The first-order valence-electron chi connectivity index (χ1n) is 8.03. The number of anilines is 1. The van der Waals surface area contributed by atoms with Crippen LogP contribution >= 0.6 is 11.6 Å². The number of ether oxygens (including phenoxy) is 1. The third-order valence-electron chi connectivity index (χ3n) is 3.94. The lowest BCUT2D eigenvalue weighted by molar-refractivity contribution is -0.114. The molecule has 0 aliphatic carbocycles. The molecule has 3 rings (SSSR count). The van der Waals surface area contributed by atoms with Gasteiger partial charge in [-0.05, 0) is 42.8 Å². The number of rotatable bonds is 3. The maximum Gasteiger partial charge on any atom is 0.221 e. The standard InChI is InChI=1S/C19H21ClN2O2/c1-13-10-22(12-16-9-17(20)5-8-19(16)24-13)11-15-3-6-18(7-4-15)21-14(2)23/h3-9,13H,10-12H2,1-2H3,(H,21,23). The molecule has 1 heterocycles. The molecule has 1 aliphatic heterocycles. The molecule has 2 aromatic carbocycles. The minimum atomic E-state index is -0.0604. The van der Waals surface area contributed by atoms with Crippen LogP contribution in [0.3, 0.4) is 0 Å². The highest BCUT2D eigenvalue weighted by atomic mass is 35.5. The number of nitrogens with zero attached hydrogens (tertiary/aromatic N) is 1. The van der Waals surface area contributed by atoms with Gasteiger partial charge in [-0.3, -0.25) is 9.69 Å². The Kier molecular flexibility index (Phi) is 5.07. The Bertz CT molecular complexity index is 731. The van der Waals surface area contributed by atoms with Gasteiger partial charge in [0.15, 0.2) is 0 Å². The van der Waals surface area contributed by atoms with Gasteiger partial charge in [0.2, 0.25) is 5.91 Å². The summed E-state index contributed by atoms with van der Waals surface area (Å²) in [6.45, 7) is 6.05. The Hall–Kier alpha value is -2.04. The van der Waals surface area contributed by atoms with Crippen molar-refractivity contribution in [3.63, 3.8) is 0 Å². The predicted molar refractivity (Wildman–Crippen MR) is 96.4 cm³/mol. The summed E-state index contributed by atoms with van der Waals surface area (Å²) in [4.78, 5) is 13.4. The van der Waals surface area contributed by atoms with Crippen molar-refractivity contribution >= 4 is 23.2 Å². The number of amides is 1. The molecule has 0 fully saturated rings. The summed E-state index contributed by atoms with van der Waals surface area (Å²) in [5.74, 6) is 0.852. The van der Waals surface area contributed by atoms with E-state index in [-0.39, 0.29) is 12.0 Å². The van der Waals surface area contributed by atoms with Gasteiger partial charge in [0.25, 0.3) is 0 Å². The third-order valence-corrected chi connectivity index (χ3v) is 4.18. The highest BCUT2D eigenvalue weighted by Gasteiger charge is 2.20. The molecule has 24 heavy (non-hydrogen) atoms. The average Bonchev–Trinajstić information content (AvgIpc) is 2.66. The van der Waals surface area contributed by atoms with Gasteiger partial charge in [0.1, 0.15) is 11.9 Å². The Morgan fingerprint density at radius 3 is 2.75 bits per heavy atom. The molecule has 5 heteroatoms. The van der Waals surface area contributed by atoms with E-state index in [1.54, 1.807) is 0 Å². The smallest absolute Gasteiger partial charge is 0.221 e. The van der Waals surface area contributed by atoms with Gasteiger partial charge in [-0.25, -0.2) is 0 Å². The largest absolute Gasteiger partial charge is 0.489 e. The van der Waals surface area contributed by atoms with Crippen molar-refractivity contribution in [2.45, 2.75) is 33.0 Å². The monoisotopic (exact) mass is 344 g/mol. The van der Waals surface area contributed by atoms with Crippen LogP contribution in [-0.4, -0.2) is 23.5 Å². The highest BCUT2D eigenvalue weighted by Crippen LogP contribution is 2.28. The molecule has 1 N–H and O–H groups in total. The maximum absolute atomic E-state index is 11.1. The zero-order chi connectivity index (χ0) is 17.1. The van der Waals surface area contributed by atoms with Gasteiger partial charge in [-0.15, -0.1) is 0 Å². The van der Waals surface area contributed by atoms with E-state index >= 15 is 0 Å². The van der Waals surface area contributed by atoms with Crippen molar-refractivity contribution < 1.29 is 9.53 Å². The number of halogens is 1. The SMILES string of the molecule is CC(=O)Nc1ccc(CN2Cc3cc(Cl)ccc3OC(C)C2)cc1. The number of fused-ring (bicyclic) bond motifs is 1. The Morgan fingerprint density at radius 2 is 2.04 bits per heavy atom. The minimum absolute atomic E-state index is 0.0604. The molecule has 0 radical (unpaired) electrons. The lowest BCUT2D eigenvalue weighted by atomic mass is 10.1. The van der Waals surface area contributed by atoms with Crippen LogP contribution in [0.2, 0.25) is 5.02 Å². The lowest BCUT2D eigenvalue weighted by Gasteiger charge is -2.22. The van der Waals surface area contributed by atoms with Crippen molar-refractivity contribution in [2.24, 2.45) is 0 Å². The molecule has 4 nitrogen and oxygen atoms in total. The van der Waals surface area contributed by atoms with Crippen molar-refractivity contribution in [3.8, 4) is 5.75 Å². The van der Waals surface area contributed by atoms with E-state index < -0.39 is 0 Å². The topological polar surface area (TPSA) is 41.6 Å². The van der Waals surface area contributed by atoms with E-state index in [4.69, 9.17) is 16.3 Å². The quantitative estimate of drug-likeness (QED) is 0.912. The zero-order valence-corrected chi connectivity index (χ0v) is 14.6. The first-order chi connectivity index (χ1) is 11.5. The van der Waals surface area contributed by atoms with Gasteiger partial charge in [0.05, 0.1) is 0 Å². The van der Waals surface area contributed by atoms with Crippen LogP contribution in [0.4, 0.5) is 5.69 Å². The number of nitrogens with one attached hydrogen (secondary N) is 1. The molecule has 2 aromatic rings. The van der Waals surface area contributed by atoms with E-state index in [0.717, 1.165) is 41.7 Å². The second kappa shape index (κ2) is 7.24. The normalized spacial score (nSPS) is 17.5. The predicted octanol–water partition coefficient (Wildman–Crippen LogP) is 4.08. The van der Waals surface area contributed by atoms with Gasteiger partial charge >= 0.3 is 0 Å². The summed E-state index contributed by atoms with van der Waals surface area (Å²) in [5, 5.41) is 3.51. The van der Waals surface area contributed by atoms with Crippen LogP contribution in [0.15, 0.2) is 42.5 Å². The molecular weight excluding hydrogens is 324 g/mol. The van der Waals surface area contributed by atoms with E-state index in [9.17, 15) is 4.79 Å². The summed E-state index contributed by atoms with van der Waals surface area (Å²) in [6, 6.07) is 13.7. The summed E-state index contributed by atoms with van der Waals surface area (Å²) >= 11 is 6.12. The van der Waals surface area contributed by atoms with Crippen LogP contribution in [0.1, 0.15) is 25.0 Å². The summed E-state index contributed by atoms with van der Waals surface area (Å²) in [5.41, 5.74) is 3.12. The molecule has 0 spiro atoms. The van der Waals surface area contributed by atoms with Gasteiger partial charge in [0, 0.05) is 42.8 Å². The molecular formula is C19H21ClN2O2. The highest BCUT2D eigenvalue weighted by molar-refractivity contribution is 6.30. The Morgan fingerprint density at radius 1 is 1.29 bits per heavy atom. The number of carbonyl (C=O) groups is 1. The Balaban J connectivity index is 1.73. The summed E-state index contributed by atoms with van der Waals surface area (Å²) in [7, 11) is 0. The summed E-state index contributed by atoms with van der Waals surface area (Å²) in [6.07, 6.45) is 0.117. The van der Waals surface area contributed by atoms with Crippen molar-refractivity contribution in [1.82, 2.24) is 4.90 Å². The molecule has 0 aromatic heterocycles. The van der Waals surface area contributed by atoms with E-state index in [2.05, 4.69) is 17.1 Å². The van der Waals surface area contributed by atoms with Crippen LogP contribution in [-0.2, 0) is 17.9 Å². The molecule has 0 saturated carbocycles. The lowest BCUT2D eigenvalue weighted by Crippen LogP contribution is -2.30. The third kappa shape index (κ3) is 4.28. The van der Waals surface area contributed by atoms with E-state index in [0.29, 0.717) is 0 Å². The molecule has 1 unspecified atom stereocenters. The van der Waals surface area contributed by atoms with Crippen LogP contribution < -0.4 is 10.1 Å². The minimum Gasteiger partial charge on any atom is -0.489 e. The fourth-order valence-corrected chi connectivity index (χ4v) is 3.18. The second-order valence-electron chi connectivity index (χ2n) is 6.23. The number of hydrogen-bond donors (Lipinski definition) is 1. The molecule has 1 aliphatic rings. The summed E-state index contributed by atoms with van der Waals surface area (Å²) < 4.78 is 5.99. The average molecular weight is 345 g/mol. The second-order valence-corrected chi connectivity index (χ2v) is 6.66. The number of hydrogen-bond acceptors (Lipinski definition) is 3. The zero-order valence-electron chi connectivity index (χ0n) is 13.9. The molecule has 126 valence electrons. The van der Waals surface area contributed by atoms with Crippen LogP contribution in [0, 0.1) is 0 Å². The van der Waals surface area contributed by atoms with Crippen molar-refractivity contribution in [1.29, 1.82) is 0 Å².